The first-order chi connectivity index (χ1) is 9.50. The van der Waals surface area contributed by atoms with Crippen molar-refractivity contribution in [2.45, 2.75) is 25.2 Å². The minimum absolute atomic E-state index is 0.0168. The van der Waals surface area contributed by atoms with Crippen molar-refractivity contribution in [1.29, 1.82) is 0 Å². The molecule has 0 unspecified atom stereocenters. The zero-order valence-electron chi connectivity index (χ0n) is 11.4. The van der Waals surface area contributed by atoms with E-state index in [9.17, 15) is 9.59 Å². The second-order valence-electron chi connectivity index (χ2n) is 5.35. The molecule has 2 atom stereocenters. The number of rotatable bonds is 2. The lowest BCUT2D eigenvalue weighted by Gasteiger charge is -2.34. The van der Waals surface area contributed by atoms with E-state index in [1.807, 2.05) is 31.1 Å². The predicted octanol–water partition coefficient (Wildman–Crippen LogP) is 1.52. The number of carbonyl (C=O) groups excluding carboxylic acids is 2. The van der Waals surface area contributed by atoms with E-state index < -0.39 is 0 Å². The maximum atomic E-state index is 12.6. The van der Waals surface area contributed by atoms with Crippen molar-refractivity contribution < 1.29 is 9.59 Å². The Hall–Kier alpha value is -1.59. The normalized spacial score (nSPS) is 25.8. The number of hydrogen-bond donors (Lipinski definition) is 0. The standard InChI is InChI=1S/C14H16ClN3O2/c1-16(2)14-17(10-5-3-9(15)4-6-10)13(20)11-7-8-12(19)18(11)14/h3-6,11,14H,7-8H2,1-2H3/t11-,14-/m1/s1. The third kappa shape index (κ3) is 1.89. The molecule has 0 saturated carbocycles. The SMILES string of the molecule is CN(C)[C@@H]1N(c2ccc(Cl)cc2)C(=O)[C@H]2CCC(=O)N21. The van der Waals surface area contributed by atoms with Crippen LogP contribution in [0.25, 0.3) is 0 Å². The Morgan fingerprint density at radius 3 is 2.45 bits per heavy atom. The highest BCUT2D eigenvalue weighted by atomic mass is 35.5. The average molecular weight is 294 g/mol. The fourth-order valence-corrected chi connectivity index (χ4v) is 3.10. The lowest BCUT2D eigenvalue weighted by Crippen LogP contribution is -2.51. The Morgan fingerprint density at radius 1 is 1.20 bits per heavy atom. The third-order valence-electron chi connectivity index (χ3n) is 3.82. The van der Waals surface area contributed by atoms with Crippen LogP contribution in [0.15, 0.2) is 24.3 Å². The second-order valence-corrected chi connectivity index (χ2v) is 5.79. The summed E-state index contributed by atoms with van der Waals surface area (Å²) in [6, 6.07) is 6.79. The van der Waals surface area contributed by atoms with Crippen molar-refractivity contribution in [3.63, 3.8) is 0 Å². The van der Waals surface area contributed by atoms with Crippen LogP contribution < -0.4 is 4.90 Å². The van der Waals surface area contributed by atoms with Crippen LogP contribution in [0.2, 0.25) is 5.02 Å². The molecule has 106 valence electrons. The number of halogens is 1. The number of fused-ring (bicyclic) bond motifs is 1. The number of nitrogens with zero attached hydrogens (tertiary/aromatic N) is 3. The molecule has 2 fully saturated rings. The molecule has 2 saturated heterocycles. The van der Waals surface area contributed by atoms with Crippen LogP contribution in [0, 0.1) is 0 Å². The van der Waals surface area contributed by atoms with Crippen LogP contribution in [-0.2, 0) is 9.59 Å². The van der Waals surface area contributed by atoms with Gasteiger partial charge >= 0.3 is 0 Å². The van der Waals surface area contributed by atoms with Crippen LogP contribution in [-0.4, -0.2) is 48.0 Å². The maximum absolute atomic E-state index is 12.6. The number of carbonyl (C=O) groups is 2. The maximum Gasteiger partial charge on any atom is 0.252 e. The van der Waals surface area contributed by atoms with Gasteiger partial charge in [-0.25, -0.2) is 0 Å². The van der Waals surface area contributed by atoms with Gasteiger partial charge in [0.25, 0.3) is 5.91 Å². The Bertz CT molecular complexity index is 558. The van der Waals surface area contributed by atoms with Crippen molar-refractivity contribution in [1.82, 2.24) is 9.80 Å². The first kappa shape index (κ1) is 13.4. The molecule has 0 bridgehead atoms. The molecule has 0 aliphatic carbocycles. The topological polar surface area (TPSA) is 43.9 Å². The molecule has 6 heteroatoms. The monoisotopic (exact) mass is 293 g/mol. The molecule has 0 N–H and O–H groups in total. The zero-order valence-corrected chi connectivity index (χ0v) is 12.2. The van der Waals surface area contributed by atoms with Gasteiger partial charge in [-0.05, 0) is 44.8 Å². The highest BCUT2D eigenvalue weighted by Crippen LogP contribution is 2.35. The summed E-state index contributed by atoms with van der Waals surface area (Å²) in [7, 11) is 3.74. The van der Waals surface area contributed by atoms with E-state index in [1.54, 1.807) is 21.9 Å². The quantitative estimate of drug-likeness (QED) is 0.830. The molecule has 1 aromatic carbocycles. The highest BCUT2D eigenvalue weighted by molar-refractivity contribution is 6.30. The van der Waals surface area contributed by atoms with E-state index in [2.05, 4.69) is 0 Å². The molecule has 5 nitrogen and oxygen atoms in total. The van der Waals surface area contributed by atoms with Crippen molar-refractivity contribution in [2.24, 2.45) is 0 Å². The number of anilines is 1. The van der Waals surface area contributed by atoms with Crippen molar-refractivity contribution in [2.75, 3.05) is 19.0 Å². The summed E-state index contributed by atoms with van der Waals surface area (Å²) < 4.78 is 0. The van der Waals surface area contributed by atoms with Gasteiger partial charge in [0.15, 0.2) is 6.29 Å². The summed E-state index contributed by atoms with van der Waals surface area (Å²) in [5, 5.41) is 0.623. The van der Waals surface area contributed by atoms with Gasteiger partial charge in [-0.15, -0.1) is 0 Å². The Morgan fingerprint density at radius 2 is 1.85 bits per heavy atom. The Labute approximate surface area is 122 Å². The van der Waals surface area contributed by atoms with Crippen molar-refractivity contribution in [3.8, 4) is 0 Å². The van der Waals surface area contributed by atoms with Crippen LogP contribution in [0.1, 0.15) is 12.8 Å². The van der Waals surface area contributed by atoms with E-state index in [1.165, 1.54) is 0 Å². The molecule has 3 rings (SSSR count). The minimum Gasteiger partial charge on any atom is -0.297 e. The summed E-state index contributed by atoms with van der Waals surface area (Å²) in [6.07, 6.45) is 0.699. The van der Waals surface area contributed by atoms with Crippen LogP contribution >= 0.6 is 11.6 Å². The second kappa shape index (κ2) is 4.75. The molecule has 2 aliphatic rings. The molecule has 2 aliphatic heterocycles. The Kier molecular flexibility index (Phi) is 3.18. The molecule has 2 amide bonds. The number of amides is 2. The third-order valence-corrected chi connectivity index (χ3v) is 4.08. The van der Waals surface area contributed by atoms with E-state index in [4.69, 9.17) is 11.6 Å². The summed E-state index contributed by atoms with van der Waals surface area (Å²) in [5.74, 6) is 0.0235. The molecule has 1 aromatic rings. The fraction of sp³-hybridized carbons (Fsp3) is 0.429. The van der Waals surface area contributed by atoms with E-state index >= 15 is 0 Å². The van der Waals surface area contributed by atoms with Gasteiger partial charge in [0.2, 0.25) is 5.91 Å². The highest BCUT2D eigenvalue weighted by Gasteiger charge is 2.52. The van der Waals surface area contributed by atoms with Gasteiger partial charge < -0.3 is 0 Å². The predicted molar refractivity (Wildman–Crippen MR) is 76.3 cm³/mol. The van der Waals surface area contributed by atoms with Gasteiger partial charge in [0, 0.05) is 17.1 Å². The van der Waals surface area contributed by atoms with Gasteiger partial charge in [-0.2, -0.15) is 0 Å². The van der Waals surface area contributed by atoms with E-state index in [0.717, 1.165) is 5.69 Å². The lowest BCUT2D eigenvalue weighted by molar-refractivity contribution is -0.133. The van der Waals surface area contributed by atoms with Gasteiger partial charge in [0.1, 0.15) is 6.04 Å². The smallest absolute Gasteiger partial charge is 0.252 e. The number of benzene rings is 1. The Balaban J connectivity index is 2.03. The first-order valence-electron chi connectivity index (χ1n) is 6.57. The lowest BCUT2D eigenvalue weighted by atomic mass is 10.2. The van der Waals surface area contributed by atoms with Gasteiger partial charge in [-0.1, -0.05) is 11.6 Å². The fourth-order valence-electron chi connectivity index (χ4n) is 2.98. The van der Waals surface area contributed by atoms with Crippen molar-refractivity contribution >= 4 is 29.1 Å². The van der Waals surface area contributed by atoms with Crippen LogP contribution in [0.5, 0.6) is 0 Å². The molecule has 0 aromatic heterocycles. The molecular weight excluding hydrogens is 278 g/mol. The summed E-state index contributed by atoms with van der Waals surface area (Å²) >= 11 is 5.89. The molecule has 0 radical (unpaired) electrons. The van der Waals surface area contributed by atoms with Gasteiger partial charge in [0.05, 0.1) is 0 Å². The zero-order chi connectivity index (χ0) is 14.4. The number of hydrogen-bond acceptors (Lipinski definition) is 3. The molecular formula is C14H16ClN3O2. The molecule has 0 spiro atoms. The first-order valence-corrected chi connectivity index (χ1v) is 6.95. The van der Waals surface area contributed by atoms with Crippen LogP contribution in [0.3, 0.4) is 0 Å². The summed E-state index contributed by atoms with van der Waals surface area (Å²) in [6.45, 7) is 0. The average Bonchev–Trinajstić information content (AvgIpc) is 2.91. The van der Waals surface area contributed by atoms with Gasteiger partial charge in [-0.3, -0.25) is 24.3 Å². The van der Waals surface area contributed by atoms with Crippen molar-refractivity contribution in [3.05, 3.63) is 29.3 Å². The van der Waals surface area contributed by atoms with E-state index in [0.29, 0.717) is 17.9 Å². The largest absolute Gasteiger partial charge is 0.297 e. The summed E-state index contributed by atoms with van der Waals surface area (Å²) in [4.78, 5) is 29.9. The van der Waals surface area contributed by atoms with E-state index in [-0.39, 0.29) is 24.1 Å². The molecule has 2 heterocycles. The molecule has 20 heavy (non-hydrogen) atoms. The minimum atomic E-state index is -0.358. The summed E-state index contributed by atoms with van der Waals surface area (Å²) in [5.41, 5.74) is 0.764. The van der Waals surface area contributed by atoms with Crippen LogP contribution in [0.4, 0.5) is 5.69 Å².